The van der Waals surface area contributed by atoms with Crippen molar-refractivity contribution in [3.8, 4) is 5.75 Å². The van der Waals surface area contributed by atoms with Crippen LogP contribution in [0, 0.1) is 0 Å². The van der Waals surface area contributed by atoms with Crippen molar-refractivity contribution >= 4 is 11.8 Å². The lowest BCUT2D eigenvalue weighted by Crippen LogP contribution is -2.32. The molecule has 0 spiro atoms. The van der Waals surface area contributed by atoms with Gasteiger partial charge in [-0.25, -0.2) is 0 Å². The molecule has 1 fully saturated rings. The molecule has 1 aromatic rings. The zero-order chi connectivity index (χ0) is 13.3. The van der Waals surface area contributed by atoms with Gasteiger partial charge in [0.05, 0.1) is 7.11 Å². The molecule has 1 aromatic carbocycles. The van der Waals surface area contributed by atoms with Crippen LogP contribution < -0.4 is 10.5 Å². The molecule has 0 amide bonds. The lowest BCUT2D eigenvalue weighted by molar-refractivity contribution is 0.407. The van der Waals surface area contributed by atoms with E-state index in [0.717, 1.165) is 12.2 Å². The van der Waals surface area contributed by atoms with Gasteiger partial charge >= 0.3 is 0 Å². The lowest BCUT2D eigenvalue weighted by atomic mass is 9.88. The highest BCUT2D eigenvalue weighted by atomic mass is 32.2. The van der Waals surface area contributed by atoms with Crippen molar-refractivity contribution in [2.75, 3.05) is 13.4 Å². The molecule has 1 unspecified atom stereocenters. The largest absolute Gasteiger partial charge is 0.496 e. The first-order valence-electron chi connectivity index (χ1n) is 6.60. The topological polar surface area (TPSA) is 35.2 Å². The van der Waals surface area contributed by atoms with Crippen molar-refractivity contribution < 1.29 is 4.74 Å². The average molecular weight is 265 g/mol. The van der Waals surface area contributed by atoms with Gasteiger partial charge in [0.15, 0.2) is 0 Å². The van der Waals surface area contributed by atoms with Crippen LogP contribution in [0.15, 0.2) is 17.0 Å². The van der Waals surface area contributed by atoms with Gasteiger partial charge in [0.2, 0.25) is 0 Å². The number of ether oxygens (including phenoxy) is 1. The molecule has 0 aromatic heterocycles. The van der Waals surface area contributed by atoms with Gasteiger partial charge in [-0.1, -0.05) is 6.92 Å². The molecule has 0 aliphatic heterocycles. The minimum atomic E-state index is 0.192. The molecule has 0 heterocycles. The van der Waals surface area contributed by atoms with E-state index in [2.05, 4.69) is 32.2 Å². The number of aryl methyl sites for hydroxylation is 1. The third kappa shape index (κ3) is 2.14. The summed E-state index contributed by atoms with van der Waals surface area (Å²) in [6.07, 6.45) is 5.55. The van der Waals surface area contributed by atoms with Gasteiger partial charge in [-0.2, -0.15) is 0 Å². The summed E-state index contributed by atoms with van der Waals surface area (Å²) in [5.41, 5.74) is 9.06. The van der Waals surface area contributed by atoms with Gasteiger partial charge in [0.1, 0.15) is 5.75 Å². The van der Waals surface area contributed by atoms with E-state index in [1.54, 1.807) is 7.11 Å². The van der Waals surface area contributed by atoms with Gasteiger partial charge in [-0.3, -0.25) is 0 Å². The number of benzene rings is 1. The minimum absolute atomic E-state index is 0.192. The molecule has 1 aliphatic carbocycles. The van der Waals surface area contributed by atoms with Crippen LogP contribution in [-0.2, 0) is 11.8 Å². The van der Waals surface area contributed by atoms with Crippen molar-refractivity contribution in [1.29, 1.82) is 0 Å². The van der Waals surface area contributed by atoms with Crippen LogP contribution in [0.4, 0.5) is 0 Å². The maximum absolute atomic E-state index is 6.20. The highest BCUT2D eigenvalue weighted by Crippen LogP contribution is 2.53. The Bertz CT molecular complexity index is 438. The summed E-state index contributed by atoms with van der Waals surface area (Å²) in [4.78, 5) is 1.36. The fraction of sp³-hybridized carbons (Fsp3) is 0.600. The summed E-state index contributed by atoms with van der Waals surface area (Å²) in [6, 6.07) is 4.71. The Morgan fingerprint density at radius 1 is 1.44 bits per heavy atom. The van der Waals surface area contributed by atoms with Gasteiger partial charge < -0.3 is 10.5 Å². The Labute approximate surface area is 114 Å². The standard InChI is InChI=1S/C15H23NOS/c1-5-11-8-14(18-4)12(9-13(11)17-3)15(6-7-15)10(2)16/h8-10H,5-7,16H2,1-4H3. The number of methoxy groups -OCH3 is 1. The van der Waals surface area contributed by atoms with Crippen LogP contribution in [0.2, 0.25) is 0 Å². The molecule has 1 atom stereocenters. The molecule has 1 aliphatic rings. The number of thioether (sulfide) groups is 1. The Morgan fingerprint density at radius 2 is 2.11 bits per heavy atom. The van der Waals surface area contributed by atoms with Crippen LogP contribution in [0.25, 0.3) is 0 Å². The van der Waals surface area contributed by atoms with Crippen molar-refractivity contribution in [3.63, 3.8) is 0 Å². The zero-order valence-electron chi connectivity index (χ0n) is 11.7. The van der Waals surface area contributed by atoms with Crippen LogP contribution in [0.3, 0.4) is 0 Å². The van der Waals surface area contributed by atoms with Gasteiger partial charge in [-0.15, -0.1) is 11.8 Å². The highest BCUT2D eigenvalue weighted by Gasteiger charge is 2.48. The van der Waals surface area contributed by atoms with Gasteiger partial charge in [0, 0.05) is 16.4 Å². The van der Waals surface area contributed by atoms with Crippen LogP contribution in [-0.4, -0.2) is 19.4 Å². The van der Waals surface area contributed by atoms with E-state index >= 15 is 0 Å². The first kappa shape index (κ1) is 13.8. The Kier molecular flexibility index (Phi) is 3.93. The van der Waals surface area contributed by atoms with Gasteiger partial charge in [-0.05, 0) is 55.7 Å². The monoisotopic (exact) mass is 265 g/mol. The van der Waals surface area contributed by atoms with E-state index in [0.29, 0.717) is 0 Å². The maximum Gasteiger partial charge on any atom is 0.122 e. The Morgan fingerprint density at radius 3 is 2.50 bits per heavy atom. The molecular weight excluding hydrogens is 242 g/mol. The smallest absolute Gasteiger partial charge is 0.122 e. The number of hydrogen-bond donors (Lipinski definition) is 1. The molecule has 0 radical (unpaired) electrons. The molecule has 3 heteroatoms. The van der Waals surface area contributed by atoms with E-state index in [-0.39, 0.29) is 11.5 Å². The second-order valence-corrected chi connectivity index (χ2v) is 6.01. The second-order valence-electron chi connectivity index (χ2n) is 5.16. The Balaban J connectivity index is 2.53. The number of hydrogen-bond acceptors (Lipinski definition) is 3. The van der Waals surface area contributed by atoms with Gasteiger partial charge in [0.25, 0.3) is 0 Å². The molecular formula is C15H23NOS. The summed E-state index contributed by atoms with van der Waals surface area (Å²) in [5, 5.41) is 0. The number of rotatable bonds is 5. The van der Waals surface area contributed by atoms with Crippen molar-refractivity contribution in [2.24, 2.45) is 5.73 Å². The molecule has 2 N–H and O–H groups in total. The zero-order valence-corrected chi connectivity index (χ0v) is 12.6. The highest BCUT2D eigenvalue weighted by molar-refractivity contribution is 7.98. The van der Waals surface area contributed by atoms with Crippen molar-refractivity contribution in [2.45, 2.75) is 49.5 Å². The van der Waals surface area contributed by atoms with Crippen LogP contribution >= 0.6 is 11.8 Å². The normalized spacial score (nSPS) is 18.5. The van der Waals surface area contributed by atoms with E-state index in [1.165, 1.54) is 28.9 Å². The second kappa shape index (κ2) is 5.14. The van der Waals surface area contributed by atoms with E-state index in [1.807, 2.05) is 11.8 Å². The molecule has 1 saturated carbocycles. The molecule has 2 rings (SSSR count). The summed E-state index contributed by atoms with van der Waals surface area (Å²) in [6.45, 7) is 4.29. The van der Waals surface area contributed by atoms with Crippen molar-refractivity contribution in [1.82, 2.24) is 0 Å². The quantitative estimate of drug-likeness (QED) is 0.829. The molecule has 0 saturated heterocycles. The maximum atomic E-state index is 6.20. The summed E-state index contributed by atoms with van der Waals surface area (Å²) in [7, 11) is 1.75. The first-order chi connectivity index (χ1) is 8.58. The predicted octanol–water partition coefficient (Wildman–Crippen LogP) is 3.36. The minimum Gasteiger partial charge on any atom is -0.496 e. The van der Waals surface area contributed by atoms with Crippen LogP contribution in [0.5, 0.6) is 5.75 Å². The lowest BCUT2D eigenvalue weighted by Gasteiger charge is -2.24. The Hall–Kier alpha value is -0.670. The van der Waals surface area contributed by atoms with E-state index in [9.17, 15) is 0 Å². The van der Waals surface area contributed by atoms with E-state index in [4.69, 9.17) is 10.5 Å². The summed E-state index contributed by atoms with van der Waals surface area (Å²) >= 11 is 1.82. The van der Waals surface area contributed by atoms with Crippen molar-refractivity contribution in [3.05, 3.63) is 23.3 Å². The third-order valence-corrected chi connectivity index (χ3v) is 4.96. The molecule has 18 heavy (non-hydrogen) atoms. The van der Waals surface area contributed by atoms with E-state index < -0.39 is 0 Å². The fourth-order valence-corrected chi connectivity index (χ4v) is 3.47. The molecule has 100 valence electrons. The molecule has 0 bridgehead atoms. The summed E-state index contributed by atoms with van der Waals surface area (Å²) in [5.74, 6) is 1.01. The fourth-order valence-electron chi connectivity index (χ4n) is 2.73. The SMILES string of the molecule is CCc1cc(SC)c(C2(C(C)N)CC2)cc1OC. The summed E-state index contributed by atoms with van der Waals surface area (Å²) < 4.78 is 5.53. The average Bonchev–Trinajstić information content (AvgIpc) is 3.18. The number of nitrogens with two attached hydrogens (primary N) is 1. The first-order valence-corrected chi connectivity index (χ1v) is 7.82. The third-order valence-electron chi connectivity index (χ3n) is 4.18. The molecule has 2 nitrogen and oxygen atoms in total. The predicted molar refractivity (Wildman–Crippen MR) is 78.7 cm³/mol. The van der Waals surface area contributed by atoms with Crippen LogP contribution in [0.1, 0.15) is 37.8 Å².